The van der Waals surface area contributed by atoms with Gasteiger partial charge in [-0.15, -0.1) is 0 Å². The van der Waals surface area contributed by atoms with E-state index in [1.54, 1.807) is 42.3 Å². The van der Waals surface area contributed by atoms with Crippen LogP contribution in [0.2, 0.25) is 0 Å². The van der Waals surface area contributed by atoms with Crippen LogP contribution in [0.3, 0.4) is 0 Å². The van der Waals surface area contributed by atoms with Gasteiger partial charge in [-0.3, -0.25) is 9.59 Å². The lowest BCUT2D eigenvalue weighted by atomic mass is 10.2. The Morgan fingerprint density at radius 2 is 1.97 bits per heavy atom. The maximum Gasteiger partial charge on any atom is 0.267 e. The fourth-order valence-electron chi connectivity index (χ4n) is 3.20. The van der Waals surface area contributed by atoms with Gasteiger partial charge in [0.25, 0.3) is 11.5 Å². The predicted octanol–water partition coefficient (Wildman–Crippen LogP) is 1.74. The summed E-state index contributed by atoms with van der Waals surface area (Å²) in [4.78, 5) is 34.2. The highest BCUT2D eigenvalue weighted by atomic mass is 16.6. The molecule has 0 aliphatic carbocycles. The Kier molecular flexibility index (Phi) is 5.44. The second-order valence-corrected chi connectivity index (χ2v) is 6.65. The van der Waals surface area contributed by atoms with Gasteiger partial charge in [0, 0.05) is 13.7 Å². The van der Waals surface area contributed by atoms with E-state index in [0.717, 1.165) is 0 Å². The Hall–Kier alpha value is -3.39. The molecule has 1 aliphatic rings. The minimum atomic E-state index is -0.783. The zero-order chi connectivity index (χ0) is 20.2. The van der Waals surface area contributed by atoms with Gasteiger partial charge < -0.3 is 24.1 Å². The zero-order valence-corrected chi connectivity index (χ0v) is 16.0. The van der Waals surface area contributed by atoms with Gasteiger partial charge in [0.05, 0.1) is 24.1 Å². The van der Waals surface area contributed by atoms with Crippen LogP contribution >= 0.6 is 0 Å². The van der Waals surface area contributed by atoms with Crippen LogP contribution in [-0.2, 0) is 16.1 Å². The van der Waals surface area contributed by atoms with Crippen LogP contribution in [0.4, 0.5) is 0 Å². The number of rotatable bonds is 6. The molecule has 0 saturated heterocycles. The number of aromatic amines is 1. The van der Waals surface area contributed by atoms with E-state index in [-0.39, 0.29) is 24.6 Å². The van der Waals surface area contributed by atoms with E-state index < -0.39 is 6.10 Å². The van der Waals surface area contributed by atoms with Gasteiger partial charge in [-0.25, -0.2) is 4.98 Å². The van der Waals surface area contributed by atoms with Crippen molar-refractivity contribution in [3.63, 3.8) is 0 Å². The highest BCUT2D eigenvalue weighted by molar-refractivity contribution is 5.82. The number of para-hydroxylation sites is 3. The lowest BCUT2D eigenvalue weighted by Gasteiger charge is -2.30. The lowest BCUT2D eigenvalue weighted by molar-refractivity contribution is -0.142. The molecular weight excluding hydrogens is 374 g/mol. The summed E-state index contributed by atoms with van der Waals surface area (Å²) >= 11 is 0. The molecule has 1 amide bonds. The summed E-state index contributed by atoms with van der Waals surface area (Å²) < 4.78 is 16.6. The van der Waals surface area contributed by atoms with Gasteiger partial charge in [-0.05, 0) is 24.3 Å². The van der Waals surface area contributed by atoms with Crippen LogP contribution < -0.4 is 15.0 Å². The van der Waals surface area contributed by atoms with Crippen LogP contribution in [0.5, 0.6) is 11.5 Å². The molecular formula is C21H21N3O5. The zero-order valence-electron chi connectivity index (χ0n) is 16.0. The summed E-state index contributed by atoms with van der Waals surface area (Å²) in [6, 6.07) is 14.3. The van der Waals surface area contributed by atoms with Crippen molar-refractivity contribution in [1.82, 2.24) is 14.9 Å². The number of nitrogens with zero attached hydrogens (tertiary/aromatic N) is 2. The third-order valence-electron chi connectivity index (χ3n) is 4.66. The van der Waals surface area contributed by atoms with Crippen molar-refractivity contribution in [1.29, 1.82) is 0 Å². The van der Waals surface area contributed by atoms with Crippen molar-refractivity contribution in [3.05, 3.63) is 64.7 Å². The predicted molar refractivity (Wildman–Crippen MR) is 106 cm³/mol. The number of benzene rings is 2. The van der Waals surface area contributed by atoms with Gasteiger partial charge in [-0.2, -0.15) is 0 Å². The maximum absolute atomic E-state index is 13.1. The minimum Gasteiger partial charge on any atom is -0.485 e. The van der Waals surface area contributed by atoms with E-state index in [4.69, 9.17) is 14.2 Å². The van der Waals surface area contributed by atoms with Crippen molar-refractivity contribution in [2.24, 2.45) is 0 Å². The molecule has 0 saturated carbocycles. The van der Waals surface area contributed by atoms with E-state index >= 15 is 0 Å². The molecule has 8 heteroatoms. The first kappa shape index (κ1) is 18.9. The highest BCUT2D eigenvalue weighted by Crippen LogP contribution is 2.31. The van der Waals surface area contributed by atoms with Crippen molar-refractivity contribution >= 4 is 16.8 Å². The van der Waals surface area contributed by atoms with Crippen LogP contribution in [0.15, 0.2) is 53.3 Å². The number of amides is 1. The van der Waals surface area contributed by atoms with E-state index in [2.05, 4.69) is 9.97 Å². The van der Waals surface area contributed by atoms with E-state index in [1.807, 2.05) is 18.2 Å². The van der Waals surface area contributed by atoms with E-state index in [1.165, 1.54) is 0 Å². The number of hydrogen-bond acceptors (Lipinski definition) is 6. The quantitative estimate of drug-likeness (QED) is 0.683. The summed E-state index contributed by atoms with van der Waals surface area (Å²) in [6.45, 7) is 0.909. The third-order valence-corrected chi connectivity index (χ3v) is 4.66. The Morgan fingerprint density at radius 1 is 1.21 bits per heavy atom. The molecule has 1 atom stereocenters. The number of methoxy groups -OCH3 is 1. The molecule has 1 aliphatic heterocycles. The summed E-state index contributed by atoms with van der Waals surface area (Å²) in [5.41, 5.74) is 0.340. The molecule has 2 heterocycles. The molecule has 8 nitrogen and oxygen atoms in total. The SMILES string of the molecule is COCCN(Cc1nc2ccccc2c(=O)[nH]1)C(=O)[C@H]1COc2ccccc2O1. The van der Waals surface area contributed by atoms with Crippen molar-refractivity contribution in [2.45, 2.75) is 12.6 Å². The van der Waals surface area contributed by atoms with Crippen LogP contribution in [0, 0.1) is 0 Å². The summed E-state index contributed by atoms with van der Waals surface area (Å²) in [5, 5.41) is 0.506. The number of ether oxygens (including phenoxy) is 3. The Balaban J connectivity index is 1.56. The van der Waals surface area contributed by atoms with Crippen molar-refractivity contribution < 1.29 is 19.0 Å². The fraction of sp³-hybridized carbons (Fsp3) is 0.286. The minimum absolute atomic E-state index is 0.112. The summed E-state index contributed by atoms with van der Waals surface area (Å²) in [6.07, 6.45) is -0.783. The Morgan fingerprint density at radius 3 is 2.79 bits per heavy atom. The number of nitrogens with one attached hydrogen (secondary N) is 1. The van der Waals surface area contributed by atoms with Gasteiger partial charge in [-0.1, -0.05) is 24.3 Å². The normalized spacial score (nSPS) is 15.3. The molecule has 4 rings (SSSR count). The second-order valence-electron chi connectivity index (χ2n) is 6.65. The molecule has 0 radical (unpaired) electrons. The molecule has 1 aromatic heterocycles. The molecule has 1 N–H and O–H groups in total. The standard InChI is InChI=1S/C21H21N3O5/c1-27-11-10-24(12-19-22-15-7-3-2-6-14(15)20(25)23-19)21(26)18-13-28-16-8-4-5-9-17(16)29-18/h2-9,18H,10-13H2,1H3,(H,22,23,25)/t18-/m1/s1. The largest absolute Gasteiger partial charge is 0.485 e. The molecule has 2 aromatic carbocycles. The first-order valence-corrected chi connectivity index (χ1v) is 9.30. The first-order valence-electron chi connectivity index (χ1n) is 9.30. The van der Waals surface area contributed by atoms with Crippen LogP contribution in [0.1, 0.15) is 5.82 Å². The smallest absolute Gasteiger partial charge is 0.267 e. The molecule has 3 aromatic rings. The average molecular weight is 395 g/mol. The Labute approximate surface area is 167 Å². The number of hydrogen-bond donors (Lipinski definition) is 1. The van der Waals surface area contributed by atoms with Crippen molar-refractivity contribution in [2.75, 3.05) is 26.9 Å². The molecule has 0 unspecified atom stereocenters. The number of H-pyrrole nitrogens is 1. The fourth-order valence-corrected chi connectivity index (χ4v) is 3.20. The van der Waals surface area contributed by atoms with E-state index in [0.29, 0.717) is 41.4 Å². The number of aromatic nitrogens is 2. The second kappa shape index (κ2) is 8.32. The monoisotopic (exact) mass is 395 g/mol. The maximum atomic E-state index is 13.1. The highest BCUT2D eigenvalue weighted by Gasteiger charge is 2.31. The lowest BCUT2D eigenvalue weighted by Crippen LogP contribution is -2.47. The van der Waals surface area contributed by atoms with Crippen LogP contribution in [0.25, 0.3) is 10.9 Å². The number of fused-ring (bicyclic) bond motifs is 2. The molecule has 0 bridgehead atoms. The van der Waals surface area contributed by atoms with Gasteiger partial charge in [0.15, 0.2) is 11.5 Å². The molecule has 0 fully saturated rings. The third kappa shape index (κ3) is 4.07. The van der Waals surface area contributed by atoms with Gasteiger partial charge in [0.1, 0.15) is 12.4 Å². The first-order chi connectivity index (χ1) is 14.2. The molecule has 150 valence electrons. The van der Waals surface area contributed by atoms with Crippen molar-refractivity contribution in [3.8, 4) is 11.5 Å². The summed E-state index contributed by atoms with van der Waals surface area (Å²) in [5.74, 6) is 1.28. The molecule has 0 spiro atoms. The van der Waals surface area contributed by atoms with Gasteiger partial charge in [0.2, 0.25) is 6.10 Å². The number of carbonyl (C=O) groups excluding carboxylic acids is 1. The van der Waals surface area contributed by atoms with Gasteiger partial charge >= 0.3 is 0 Å². The average Bonchev–Trinajstić information content (AvgIpc) is 2.76. The number of carbonyl (C=O) groups is 1. The molecule has 29 heavy (non-hydrogen) atoms. The van der Waals surface area contributed by atoms with Crippen LogP contribution in [-0.4, -0.2) is 53.7 Å². The van der Waals surface area contributed by atoms with E-state index in [9.17, 15) is 9.59 Å². The summed E-state index contributed by atoms with van der Waals surface area (Å²) in [7, 11) is 1.56. The Bertz CT molecular complexity index is 1080. The topological polar surface area (TPSA) is 93.8 Å².